The van der Waals surface area contributed by atoms with Crippen LogP contribution in [0.3, 0.4) is 0 Å². The molecule has 1 unspecified atom stereocenters. The van der Waals surface area contributed by atoms with E-state index in [-0.39, 0.29) is 42.8 Å². The van der Waals surface area contributed by atoms with Gasteiger partial charge in [0.25, 0.3) is 5.91 Å². The SMILES string of the molecule is Cc1nc(NC2CN(C(=O)c3ccc(C(F)(F)F)o3)C2)nc2c1NC(=O)C(C(C)C)N2C. The Morgan fingerprint density at radius 3 is 2.56 bits per heavy atom. The zero-order valence-corrected chi connectivity index (χ0v) is 17.9. The third-order valence-electron chi connectivity index (χ3n) is 5.57. The summed E-state index contributed by atoms with van der Waals surface area (Å²) in [7, 11) is 1.81. The molecule has 0 aromatic carbocycles. The average Bonchev–Trinajstić information content (AvgIpc) is 3.15. The molecule has 1 fully saturated rings. The minimum Gasteiger partial charge on any atom is -0.446 e. The normalized spacial score (nSPS) is 19.0. The summed E-state index contributed by atoms with van der Waals surface area (Å²) in [4.78, 5) is 36.9. The second-order valence-corrected chi connectivity index (χ2v) is 8.33. The first-order chi connectivity index (χ1) is 15.0. The number of alkyl halides is 3. The molecule has 1 saturated heterocycles. The van der Waals surface area contributed by atoms with E-state index in [1.807, 2.05) is 18.7 Å². The van der Waals surface area contributed by atoms with Crippen molar-refractivity contribution in [2.24, 2.45) is 5.92 Å². The van der Waals surface area contributed by atoms with E-state index in [1.54, 1.807) is 14.0 Å². The van der Waals surface area contributed by atoms with Gasteiger partial charge in [0.1, 0.15) is 11.7 Å². The highest BCUT2D eigenvalue weighted by atomic mass is 19.4. The van der Waals surface area contributed by atoms with Crippen LogP contribution in [-0.2, 0) is 11.0 Å². The number of hydrogen-bond donors (Lipinski definition) is 2. The fourth-order valence-corrected chi connectivity index (χ4v) is 3.96. The molecule has 2 aliphatic heterocycles. The lowest BCUT2D eigenvalue weighted by Gasteiger charge is -2.40. The lowest BCUT2D eigenvalue weighted by Crippen LogP contribution is -2.57. The van der Waals surface area contributed by atoms with Crippen molar-refractivity contribution in [3.8, 4) is 0 Å². The van der Waals surface area contributed by atoms with Crippen molar-refractivity contribution in [2.75, 3.05) is 35.7 Å². The summed E-state index contributed by atoms with van der Waals surface area (Å²) in [5.41, 5.74) is 1.16. The van der Waals surface area contributed by atoms with Gasteiger partial charge in [0, 0.05) is 20.1 Å². The molecule has 32 heavy (non-hydrogen) atoms. The fraction of sp³-hybridized carbons (Fsp3) is 0.500. The van der Waals surface area contributed by atoms with Crippen LogP contribution in [0.15, 0.2) is 16.5 Å². The zero-order chi connectivity index (χ0) is 23.4. The van der Waals surface area contributed by atoms with Crippen molar-refractivity contribution in [2.45, 2.75) is 39.0 Å². The summed E-state index contributed by atoms with van der Waals surface area (Å²) in [5, 5.41) is 6.02. The number of nitrogens with zero attached hydrogens (tertiary/aromatic N) is 4. The molecular weight excluding hydrogens is 429 g/mol. The summed E-state index contributed by atoms with van der Waals surface area (Å²) in [5.74, 6) is -1.25. The lowest BCUT2D eigenvalue weighted by atomic mass is 9.99. The third kappa shape index (κ3) is 3.84. The fourth-order valence-electron chi connectivity index (χ4n) is 3.96. The minimum absolute atomic E-state index is 0.0745. The number of carbonyl (C=O) groups excluding carboxylic acids is 2. The summed E-state index contributed by atoms with van der Waals surface area (Å²) in [6, 6.07) is 1.23. The van der Waals surface area contributed by atoms with Crippen LogP contribution in [0.5, 0.6) is 0 Å². The largest absolute Gasteiger partial charge is 0.449 e. The van der Waals surface area contributed by atoms with E-state index in [4.69, 9.17) is 0 Å². The van der Waals surface area contributed by atoms with Gasteiger partial charge >= 0.3 is 6.18 Å². The highest BCUT2D eigenvalue weighted by molar-refractivity contribution is 6.03. The molecule has 0 saturated carbocycles. The van der Waals surface area contributed by atoms with Gasteiger partial charge in [-0.1, -0.05) is 13.8 Å². The second kappa shape index (κ2) is 7.68. The molecule has 2 aliphatic rings. The van der Waals surface area contributed by atoms with E-state index in [2.05, 4.69) is 25.0 Å². The molecule has 2 N–H and O–H groups in total. The summed E-state index contributed by atoms with van der Waals surface area (Å²) in [6.07, 6.45) is -4.64. The Labute approximate surface area is 182 Å². The number of rotatable bonds is 4. The van der Waals surface area contributed by atoms with Gasteiger partial charge in [0.2, 0.25) is 17.6 Å². The predicted octanol–water partition coefficient (Wildman–Crippen LogP) is 2.75. The maximum Gasteiger partial charge on any atom is 0.449 e. The van der Waals surface area contributed by atoms with Gasteiger partial charge in [0.05, 0.1) is 11.7 Å². The van der Waals surface area contributed by atoms with Crippen LogP contribution >= 0.6 is 0 Å². The number of aromatic nitrogens is 2. The van der Waals surface area contributed by atoms with E-state index >= 15 is 0 Å². The molecule has 0 spiro atoms. The van der Waals surface area contributed by atoms with Gasteiger partial charge < -0.3 is 24.9 Å². The number of fused-ring (bicyclic) bond motifs is 1. The first-order valence-corrected chi connectivity index (χ1v) is 10.1. The van der Waals surface area contributed by atoms with Gasteiger partial charge in [-0.3, -0.25) is 9.59 Å². The molecule has 0 bridgehead atoms. The molecule has 4 heterocycles. The van der Waals surface area contributed by atoms with Gasteiger partial charge in [-0.25, -0.2) is 4.98 Å². The van der Waals surface area contributed by atoms with Crippen LogP contribution in [-0.4, -0.2) is 58.9 Å². The highest BCUT2D eigenvalue weighted by Gasteiger charge is 2.39. The third-order valence-corrected chi connectivity index (χ3v) is 5.57. The zero-order valence-electron chi connectivity index (χ0n) is 17.9. The summed E-state index contributed by atoms with van der Waals surface area (Å²) in [6.45, 7) is 6.20. The van der Waals surface area contributed by atoms with Gasteiger partial charge in [0.15, 0.2) is 11.6 Å². The average molecular weight is 452 g/mol. The smallest absolute Gasteiger partial charge is 0.446 e. The molecule has 2 aromatic rings. The molecular formula is C20H23F3N6O3. The standard InChI is InChI=1S/C20H23F3N6O3/c1-9(2)15-17(30)26-14-10(3)24-19(27-16(14)28(15)4)25-11-7-29(8-11)18(31)12-5-6-13(32-12)20(21,22)23/h5-6,9,11,15H,7-8H2,1-4H3,(H,26,30)(H,24,25,27). The van der Waals surface area contributed by atoms with Crippen molar-refractivity contribution < 1.29 is 27.2 Å². The molecule has 1 atom stereocenters. The first kappa shape index (κ1) is 21.9. The van der Waals surface area contributed by atoms with Crippen molar-refractivity contribution >= 4 is 29.3 Å². The number of likely N-dealkylation sites (N-methyl/N-ethyl adjacent to an activating group) is 1. The van der Waals surface area contributed by atoms with E-state index < -0.39 is 17.8 Å². The van der Waals surface area contributed by atoms with E-state index in [0.29, 0.717) is 23.1 Å². The summed E-state index contributed by atoms with van der Waals surface area (Å²) < 4.78 is 42.6. The number of furan rings is 1. The Kier molecular flexibility index (Phi) is 5.25. The van der Waals surface area contributed by atoms with Crippen LogP contribution in [0.4, 0.5) is 30.6 Å². The summed E-state index contributed by atoms with van der Waals surface area (Å²) >= 11 is 0. The Bertz CT molecular complexity index is 1060. The maximum atomic E-state index is 12.7. The number of likely N-dealkylation sites (tertiary alicyclic amines) is 1. The quantitative estimate of drug-likeness (QED) is 0.735. The Morgan fingerprint density at radius 1 is 1.28 bits per heavy atom. The van der Waals surface area contributed by atoms with Crippen LogP contribution < -0.4 is 15.5 Å². The van der Waals surface area contributed by atoms with Crippen molar-refractivity contribution in [3.05, 3.63) is 29.3 Å². The number of nitrogens with one attached hydrogen (secondary N) is 2. The number of aryl methyl sites for hydroxylation is 1. The first-order valence-electron chi connectivity index (χ1n) is 10.1. The van der Waals surface area contributed by atoms with Crippen LogP contribution in [0, 0.1) is 12.8 Å². The van der Waals surface area contributed by atoms with Crippen LogP contribution in [0.25, 0.3) is 0 Å². The van der Waals surface area contributed by atoms with Gasteiger partial charge in [-0.2, -0.15) is 18.2 Å². The Hall–Kier alpha value is -3.31. The highest BCUT2D eigenvalue weighted by Crippen LogP contribution is 2.35. The number of halogens is 3. The molecule has 2 amide bonds. The lowest BCUT2D eigenvalue weighted by molar-refractivity contribution is -0.153. The number of carbonyl (C=O) groups is 2. The predicted molar refractivity (Wildman–Crippen MR) is 109 cm³/mol. The van der Waals surface area contributed by atoms with Crippen LogP contribution in [0.1, 0.15) is 35.9 Å². The molecule has 0 radical (unpaired) electrons. The van der Waals surface area contributed by atoms with E-state index in [0.717, 1.165) is 12.1 Å². The second-order valence-electron chi connectivity index (χ2n) is 8.33. The molecule has 4 rings (SSSR count). The molecule has 9 nitrogen and oxygen atoms in total. The van der Waals surface area contributed by atoms with Gasteiger partial charge in [-0.15, -0.1) is 0 Å². The maximum absolute atomic E-state index is 12.7. The topological polar surface area (TPSA) is 104 Å². The Morgan fingerprint density at radius 2 is 1.97 bits per heavy atom. The molecule has 0 aliphatic carbocycles. The van der Waals surface area contributed by atoms with Crippen molar-refractivity contribution in [3.63, 3.8) is 0 Å². The monoisotopic (exact) mass is 452 g/mol. The van der Waals surface area contributed by atoms with Crippen molar-refractivity contribution in [1.29, 1.82) is 0 Å². The number of anilines is 3. The molecule has 12 heteroatoms. The number of hydrogen-bond acceptors (Lipinski definition) is 7. The van der Waals surface area contributed by atoms with Crippen LogP contribution in [0.2, 0.25) is 0 Å². The van der Waals surface area contributed by atoms with E-state index in [9.17, 15) is 22.8 Å². The van der Waals surface area contributed by atoms with Crippen molar-refractivity contribution in [1.82, 2.24) is 14.9 Å². The van der Waals surface area contributed by atoms with Gasteiger partial charge in [-0.05, 0) is 25.0 Å². The Balaban J connectivity index is 1.42. The van der Waals surface area contributed by atoms with E-state index in [1.165, 1.54) is 4.90 Å². The minimum atomic E-state index is -4.64. The molecule has 172 valence electrons. The molecule has 2 aromatic heterocycles. The number of amides is 2.